The SMILES string of the molecule is c1nc(Sc2nnc(N3CCOCC3)n2C2CC2)c2c3c(sc2n1)CCCCC3. The molecule has 0 aromatic carbocycles. The molecule has 1 saturated heterocycles. The summed E-state index contributed by atoms with van der Waals surface area (Å²) >= 11 is 3.53. The minimum atomic E-state index is 0.516. The second-order valence-electron chi connectivity index (χ2n) is 8.01. The van der Waals surface area contributed by atoms with Crippen molar-refractivity contribution in [1.29, 1.82) is 0 Å². The summed E-state index contributed by atoms with van der Waals surface area (Å²) in [6.45, 7) is 3.28. The van der Waals surface area contributed by atoms with E-state index < -0.39 is 0 Å². The van der Waals surface area contributed by atoms with Crippen LogP contribution in [0, 0.1) is 0 Å². The van der Waals surface area contributed by atoms with Gasteiger partial charge in [-0.3, -0.25) is 4.57 Å². The molecule has 2 aliphatic carbocycles. The van der Waals surface area contributed by atoms with E-state index in [1.807, 2.05) is 11.3 Å². The summed E-state index contributed by atoms with van der Waals surface area (Å²) < 4.78 is 7.86. The number of nitrogens with zero attached hydrogens (tertiary/aromatic N) is 6. The molecule has 0 atom stereocenters. The van der Waals surface area contributed by atoms with E-state index in [1.165, 1.54) is 54.4 Å². The van der Waals surface area contributed by atoms with E-state index in [9.17, 15) is 0 Å². The van der Waals surface area contributed by atoms with E-state index >= 15 is 0 Å². The Morgan fingerprint density at radius 2 is 1.90 bits per heavy atom. The van der Waals surface area contributed by atoms with Crippen LogP contribution in [0.2, 0.25) is 0 Å². The van der Waals surface area contributed by atoms with E-state index in [-0.39, 0.29) is 0 Å². The van der Waals surface area contributed by atoms with Crippen LogP contribution >= 0.6 is 23.1 Å². The molecule has 2 fully saturated rings. The Morgan fingerprint density at radius 1 is 1.03 bits per heavy atom. The maximum atomic E-state index is 5.52. The third kappa shape index (κ3) is 3.33. The zero-order valence-corrected chi connectivity index (χ0v) is 18.0. The largest absolute Gasteiger partial charge is 0.378 e. The van der Waals surface area contributed by atoms with Crippen LogP contribution in [-0.2, 0) is 17.6 Å². The van der Waals surface area contributed by atoms with Crippen molar-refractivity contribution in [2.24, 2.45) is 0 Å². The lowest BCUT2D eigenvalue weighted by atomic mass is 10.1. The number of ether oxygens (including phenoxy) is 1. The van der Waals surface area contributed by atoms with Gasteiger partial charge >= 0.3 is 0 Å². The van der Waals surface area contributed by atoms with Gasteiger partial charge in [-0.1, -0.05) is 6.42 Å². The molecule has 152 valence electrons. The van der Waals surface area contributed by atoms with Crippen LogP contribution in [0.15, 0.2) is 16.5 Å². The first kappa shape index (κ1) is 18.1. The van der Waals surface area contributed by atoms with Gasteiger partial charge in [0.1, 0.15) is 16.2 Å². The topological polar surface area (TPSA) is 69.0 Å². The Balaban J connectivity index is 1.40. The van der Waals surface area contributed by atoms with Crippen LogP contribution in [0.25, 0.3) is 10.2 Å². The third-order valence-corrected chi connectivity index (χ3v) is 8.17. The molecule has 0 unspecified atom stereocenters. The molecular formula is C20H24N6OS2. The van der Waals surface area contributed by atoms with E-state index in [2.05, 4.69) is 24.6 Å². The molecule has 0 spiro atoms. The number of rotatable bonds is 4. The summed E-state index contributed by atoms with van der Waals surface area (Å²) in [5.41, 5.74) is 1.48. The van der Waals surface area contributed by atoms with E-state index in [1.54, 1.807) is 18.1 Å². The van der Waals surface area contributed by atoms with Crippen LogP contribution in [0.4, 0.5) is 5.95 Å². The summed E-state index contributed by atoms with van der Waals surface area (Å²) in [4.78, 5) is 14.2. The fraction of sp³-hybridized carbons (Fsp3) is 0.600. The molecule has 0 radical (unpaired) electrons. The number of morpholine rings is 1. The lowest BCUT2D eigenvalue weighted by molar-refractivity contribution is 0.121. The zero-order chi connectivity index (χ0) is 19.2. The van der Waals surface area contributed by atoms with Crippen LogP contribution in [0.5, 0.6) is 0 Å². The van der Waals surface area contributed by atoms with Gasteiger partial charge in [-0.25, -0.2) is 9.97 Å². The predicted octanol–water partition coefficient (Wildman–Crippen LogP) is 3.87. The highest BCUT2D eigenvalue weighted by atomic mass is 32.2. The summed E-state index contributed by atoms with van der Waals surface area (Å²) in [7, 11) is 0. The van der Waals surface area contributed by atoms with Gasteiger partial charge in [0.15, 0.2) is 5.16 Å². The first-order chi connectivity index (χ1) is 14.4. The number of hydrogen-bond donors (Lipinski definition) is 0. The van der Waals surface area contributed by atoms with Gasteiger partial charge in [0.2, 0.25) is 5.95 Å². The summed E-state index contributed by atoms with van der Waals surface area (Å²) in [6, 6.07) is 0.516. The molecule has 1 aliphatic heterocycles. The van der Waals surface area contributed by atoms with Crippen molar-refractivity contribution in [3.05, 3.63) is 16.8 Å². The van der Waals surface area contributed by atoms with Gasteiger partial charge < -0.3 is 9.64 Å². The lowest BCUT2D eigenvalue weighted by Gasteiger charge is -2.27. The van der Waals surface area contributed by atoms with E-state index in [4.69, 9.17) is 9.72 Å². The van der Waals surface area contributed by atoms with Gasteiger partial charge in [-0.2, -0.15) is 0 Å². The average molecular weight is 429 g/mol. The minimum absolute atomic E-state index is 0.516. The third-order valence-electron chi connectivity index (χ3n) is 6.01. The van der Waals surface area contributed by atoms with Gasteiger partial charge in [0, 0.05) is 29.4 Å². The number of aromatic nitrogens is 5. The Morgan fingerprint density at radius 3 is 2.76 bits per heavy atom. The quantitative estimate of drug-likeness (QED) is 0.461. The second kappa shape index (κ2) is 7.52. The molecule has 0 N–H and O–H groups in total. The lowest BCUT2D eigenvalue weighted by Crippen LogP contribution is -2.38. The van der Waals surface area contributed by atoms with Gasteiger partial charge in [0.25, 0.3) is 0 Å². The Bertz CT molecular complexity index is 1040. The van der Waals surface area contributed by atoms with Crippen molar-refractivity contribution in [2.75, 3.05) is 31.2 Å². The van der Waals surface area contributed by atoms with Crippen molar-refractivity contribution in [3.63, 3.8) is 0 Å². The molecular weight excluding hydrogens is 404 g/mol. The van der Waals surface area contributed by atoms with Crippen LogP contribution in [0.3, 0.4) is 0 Å². The van der Waals surface area contributed by atoms with Gasteiger partial charge in [-0.15, -0.1) is 21.5 Å². The molecule has 0 bridgehead atoms. The molecule has 1 saturated carbocycles. The minimum Gasteiger partial charge on any atom is -0.378 e. The van der Waals surface area contributed by atoms with E-state index in [0.29, 0.717) is 6.04 Å². The second-order valence-corrected chi connectivity index (χ2v) is 10.0. The molecule has 4 heterocycles. The summed E-state index contributed by atoms with van der Waals surface area (Å²) in [5.74, 6) is 0.993. The smallest absolute Gasteiger partial charge is 0.228 e. The number of fused-ring (bicyclic) bond motifs is 3. The Kier molecular flexibility index (Phi) is 4.69. The normalized spacial score (nSPS) is 20.1. The maximum Gasteiger partial charge on any atom is 0.228 e. The maximum absolute atomic E-state index is 5.52. The van der Waals surface area contributed by atoms with Crippen LogP contribution in [0.1, 0.15) is 48.6 Å². The highest BCUT2D eigenvalue weighted by molar-refractivity contribution is 7.99. The molecule has 0 amide bonds. The molecule has 6 rings (SSSR count). The fourth-order valence-electron chi connectivity index (χ4n) is 4.37. The molecule has 3 aromatic heterocycles. The summed E-state index contributed by atoms with van der Waals surface area (Å²) in [6.07, 6.45) is 10.3. The fourth-order valence-corrected chi connectivity index (χ4v) is 6.67. The highest BCUT2D eigenvalue weighted by Crippen LogP contribution is 2.44. The number of thiophene rings is 1. The Labute approximate surface area is 177 Å². The van der Waals surface area contributed by atoms with Gasteiger partial charge in [0.05, 0.1) is 13.2 Å². The van der Waals surface area contributed by atoms with Crippen molar-refractivity contribution >= 4 is 39.3 Å². The van der Waals surface area contributed by atoms with Gasteiger partial charge in [-0.05, 0) is 55.9 Å². The highest BCUT2D eigenvalue weighted by Gasteiger charge is 2.33. The van der Waals surface area contributed by atoms with Crippen LogP contribution in [-0.4, -0.2) is 51.0 Å². The monoisotopic (exact) mass is 428 g/mol. The number of hydrogen-bond acceptors (Lipinski definition) is 8. The average Bonchev–Trinajstić information content (AvgIpc) is 3.47. The molecule has 7 nitrogen and oxygen atoms in total. The summed E-state index contributed by atoms with van der Waals surface area (Å²) in [5, 5.41) is 12.5. The molecule has 29 heavy (non-hydrogen) atoms. The van der Waals surface area contributed by atoms with Crippen molar-refractivity contribution in [3.8, 4) is 0 Å². The standard InChI is InChI=1S/C20H24N6OS2/c1-2-4-14-15(5-3-1)28-17-16(14)18(22-12-21-17)29-20-24-23-19(26(20)13-6-7-13)25-8-10-27-11-9-25/h12-13H,1-11H2. The number of anilines is 1. The molecule has 3 aromatic rings. The first-order valence-corrected chi connectivity index (χ1v) is 12.2. The van der Waals surface area contributed by atoms with Crippen molar-refractivity contribution in [1.82, 2.24) is 24.7 Å². The predicted molar refractivity (Wildman–Crippen MR) is 114 cm³/mol. The number of aryl methyl sites for hydroxylation is 2. The van der Waals surface area contributed by atoms with Crippen LogP contribution < -0.4 is 4.90 Å². The zero-order valence-electron chi connectivity index (χ0n) is 16.3. The molecule has 9 heteroatoms. The molecule has 3 aliphatic rings. The van der Waals surface area contributed by atoms with E-state index in [0.717, 1.165) is 53.7 Å². The van der Waals surface area contributed by atoms with Crippen molar-refractivity contribution < 1.29 is 4.74 Å². The van der Waals surface area contributed by atoms with Crippen molar-refractivity contribution in [2.45, 2.75) is 61.2 Å². The Hall–Kier alpha value is -1.71. The first-order valence-electron chi connectivity index (χ1n) is 10.6.